The third-order valence-corrected chi connectivity index (χ3v) is 7.13. The van der Waals surface area contributed by atoms with Crippen LogP contribution < -0.4 is 0 Å². The molecule has 2 fully saturated rings. The van der Waals surface area contributed by atoms with Gasteiger partial charge in [0.25, 0.3) is 0 Å². The van der Waals surface area contributed by atoms with Crippen LogP contribution >= 0.6 is 23.4 Å². The van der Waals surface area contributed by atoms with Crippen molar-refractivity contribution in [2.24, 2.45) is 0 Å². The summed E-state index contributed by atoms with van der Waals surface area (Å²) in [6.45, 7) is 5.47. The van der Waals surface area contributed by atoms with E-state index in [9.17, 15) is 4.79 Å². The number of likely N-dealkylation sites (tertiary alicyclic amines) is 1. The van der Waals surface area contributed by atoms with Crippen molar-refractivity contribution < 1.29 is 9.21 Å². The first kappa shape index (κ1) is 18.9. The quantitative estimate of drug-likeness (QED) is 0.690. The summed E-state index contributed by atoms with van der Waals surface area (Å²) in [4.78, 5) is 17.0. The predicted octanol–water partition coefficient (Wildman–Crippen LogP) is 4.44. The minimum Gasteiger partial charge on any atom is -0.459 e. The minimum absolute atomic E-state index is 0.0944. The summed E-state index contributed by atoms with van der Waals surface area (Å²) in [5.41, 5.74) is 1.06. The van der Waals surface area contributed by atoms with Crippen LogP contribution in [0.5, 0.6) is 0 Å². The molecular formula is C21H25ClN2O2S. The van der Waals surface area contributed by atoms with E-state index in [1.54, 1.807) is 11.8 Å². The Labute approximate surface area is 169 Å². The molecule has 1 atom stereocenters. The Kier molecular flexibility index (Phi) is 5.53. The van der Waals surface area contributed by atoms with Gasteiger partial charge in [-0.05, 0) is 31.9 Å². The summed E-state index contributed by atoms with van der Waals surface area (Å²) < 4.78 is 6.06. The molecule has 4 rings (SSSR count). The fraction of sp³-hybridized carbons (Fsp3) is 0.476. The van der Waals surface area contributed by atoms with Crippen LogP contribution in [-0.2, 0) is 11.3 Å². The number of alkyl halides is 1. The second-order valence-electron chi connectivity index (χ2n) is 7.43. The molecule has 1 aromatic carbocycles. The fourth-order valence-electron chi connectivity index (χ4n) is 4.04. The highest BCUT2D eigenvalue weighted by Gasteiger charge is 2.48. The van der Waals surface area contributed by atoms with Crippen molar-refractivity contribution in [3.8, 4) is 11.3 Å². The van der Waals surface area contributed by atoms with E-state index in [0.29, 0.717) is 12.3 Å². The lowest BCUT2D eigenvalue weighted by molar-refractivity contribution is -0.132. The number of rotatable bonds is 5. The Hall–Kier alpha value is -1.43. The molecule has 0 N–H and O–H groups in total. The van der Waals surface area contributed by atoms with E-state index in [1.165, 1.54) is 0 Å². The van der Waals surface area contributed by atoms with E-state index in [1.807, 2.05) is 54.3 Å². The maximum absolute atomic E-state index is 12.6. The number of furan rings is 1. The van der Waals surface area contributed by atoms with Gasteiger partial charge < -0.3 is 14.2 Å². The Morgan fingerprint density at radius 3 is 2.63 bits per heavy atom. The first-order valence-electron chi connectivity index (χ1n) is 9.51. The summed E-state index contributed by atoms with van der Waals surface area (Å²) in [5.74, 6) is 2.49. The van der Waals surface area contributed by atoms with Crippen molar-refractivity contribution in [2.45, 2.75) is 36.6 Å². The third kappa shape index (κ3) is 4.05. The van der Waals surface area contributed by atoms with Crippen molar-refractivity contribution in [3.63, 3.8) is 0 Å². The molecule has 2 aliphatic rings. The molecule has 1 spiro atoms. The highest BCUT2D eigenvalue weighted by molar-refractivity contribution is 8.01. The molecule has 144 valence electrons. The van der Waals surface area contributed by atoms with E-state index in [2.05, 4.69) is 4.90 Å². The van der Waals surface area contributed by atoms with Crippen LogP contribution in [0.2, 0.25) is 0 Å². The van der Waals surface area contributed by atoms with Crippen LogP contribution in [0.1, 0.15) is 25.5 Å². The molecule has 0 bridgehead atoms. The molecule has 2 aromatic rings. The van der Waals surface area contributed by atoms with E-state index in [-0.39, 0.29) is 16.2 Å². The van der Waals surface area contributed by atoms with Crippen LogP contribution in [0.4, 0.5) is 0 Å². The zero-order valence-corrected chi connectivity index (χ0v) is 17.1. The van der Waals surface area contributed by atoms with Gasteiger partial charge in [-0.15, -0.1) is 23.4 Å². The van der Waals surface area contributed by atoms with Crippen molar-refractivity contribution in [2.75, 3.05) is 25.4 Å². The number of hydrogen-bond acceptors (Lipinski definition) is 4. The van der Waals surface area contributed by atoms with E-state index in [4.69, 9.17) is 16.0 Å². The Balaban J connectivity index is 1.46. The fourth-order valence-corrected chi connectivity index (χ4v) is 5.58. The smallest absolute Gasteiger partial charge is 0.234 e. The summed E-state index contributed by atoms with van der Waals surface area (Å²) in [6.07, 6.45) is 1.97. The zero-order valence-electron chi connectivity index (χ0n) is 15.6. The number of carbonyl (C=O) groups is 1. The standard InChI is InChI=1S/C21H25ClN2O2S/c1-16(22)13-23-11-9-21(10-12-23)24(20(25)15-27-21)14-18-7-8-19(26-18)17-5-3-2-4-6-17/h2-8,16H,9-15H2,1H3. The normalized spacial score (nSPS) is 21.1. The summed E-state index contributed by atoms with van der Waals surface area (Å²) in [5, 5.41) is 0.160. The van der Waals surface area contributed by atoms with Crippen molar-refractivity contribution >= 4 is 29.3 Å². The molecule has 1 unspecified atom stereocenters. The molecule has 3 heterocycles. The zero-order chi connectivity index (χ0) is 18.9. The molecule has 0 aliphatic carbocycles. The van der Waals surface area contributed by atoms with Gasteiger partial charge in [-0.25, -0.2) is 0 Å². The van der Waals surface area contributed by atoms with Crippen LogP contribution in [-0.4, -0.2) is 51.3 Å². The van der Waals surface area contributed by atoms with Crippen molar-refractivity contribution in [3.05, 3.63) is 48.2 Å². The average Bonchev–Trinajstić information content (AvgIpc) is 3.25. The number of benzene rings is 1. The van der Waals surface area contributed by atoms with Crippen molar-refractivity contribution in [1.29, 1.82) is 0 Å². The van der Waals surface area contributed by atoms with Gasteiger partial charge in [-0.1, -0.05) is 30.3 Å². The number of hydrogen-bond donors (Lipinski definition) is 0. The van der Waals surface area contributed by atoms with Gasteiger partial charge in [0.2, 0.25) is 5.91 Å². The molecule has 1 aromatic heterocycles. The molecule has 1 amide bonds. The van der Waals surface area contributed by atoms with Crippen LogP contribution in [0, 0.1) is 0 Å². The average molecular weight is 405 g/mol. The van der Waals surface area contributed by atoms with E-state index in [0.717, 1.165) is 49.6 Å². The second-order valence-corrected chi connectivity index (χ2v) is 9.51. The van der Waals surface area contributed by atoms with Gasteiger partial charge in [-0.2, -0.15) is 0 Å². The second kappa shape index (κ2) is 7.90. The van der Waals surface area contributed by atoms with Gasteiger partial charge in [0.1, 0.15) is 11.5 Å². The summed E-state index contributed by atoms with van der Waals surface area (Å²) in [7, 11) is 0. The lowest BCUT2D eigenvalue weighted by Gasteiger charge is -2.44. The molecule has 2 saturated heterocycles. The van der Waals surface area contributed by atoms with Gasteiger partial charge >= 0.3 is 0 Å². The molecule has 0 saturated carbocycles. The maximum atomic E-state index is 12.6. The topological polar surface area (TPSA) is 36.7 Å². The first-order valence-corrected chi connectivity index (χ1v) is 10.9. The van der Waals surface area contributed by atoms with Crippen molar-refractivity contribution in [1.82, 2.24) is 9.80 Å². The lowest BCUT2D eigenvalue weighted by Crippen LogP contribution is -2.52. The number of thioether (sulfide) groups is 1. The SMILES string of the molecule is CC(Cl)CN1CCC2(CC1)SCC(=O)N2Cc1ccc(-c2ccccc2)o1. The first-order chi connectivity index (χ1) is 13.1. The molecule has 0 radical (unpaired) electrons. The van der Waals surface area contributed by atoms with Gasteiger partial charge in [0.15, 0.2) is 0 Å². The number of piperidine rings is 1. The highest BCUT2D eigenvalue weighted by atomic mass is 35.5. The largest absolute Gasteiger partial charge is 0.459 e. The molecule has 6 heteroatoms. The molecule has 2 aliphatic heterocycles. The Morgan fingerprint density at radius 1 is 1.19 bits per heavy atom. The molecule has 27 heavy (non-hydrogen) atoms. The maximum Gasteiger partial charge on any atom is 0.234 e. The van der Waals surface area contributed by atoms with Crippen LogP contribution in [0.3, 0.4) is 0 Å². The Morgan fingerprint density at radius 2 is 1.93 bits per heavy atom. The van der Waals surface area contributed by atoms with E-state index < -0.39 is 0 Å². The van der Waals surface area contributed by atoms with Crippen LogP contribution in [0.15, 0.2) is 46.9 Å². The summed E-state index contributed by atoms with van der Waals surface area (Å²) in [6, 6.07) is 14.1. The monoisotopic (exact) mass is 404 g/mol. The molecular weight excluding hydrogens is 380 g/mol. The minimum atomic E-state index is -0.0944. The third-order valence-electron chi connectivity index (χ3n) is 5.44. The number of nitrogens with zero attached hydrogens (tertiary/aromatic N) is 2. The van der Waals surface area contributed by atoms with Gasteiger partial charge in [0, 0.05) is 30.6 Å². The molecule has 4 nitrogen and oxygen atoms in total. The van der Waals surface area contributed by atoms with Gasteiger partial charge in [-0.3, -0.25) is 4.79 Å². The lowest BCUT2D eigenvalue weighted by atomic mass is 10.0. The number of carbonyl (C=O) groups excluding carboxylic acids is 1. The number of halogens is 1. The van der Waals surface area contributed by atoms with Gasteiger partial charge in [0.05, 0.1) is 17.2 Å². The van der Waals surface area contributed by atoms with Crippen LogP contribution in [0.25, 0.3) is 11.3 Å². The highest BCUT2D eigenvalue weighted by Crippen LogP contribution is 2.45. The van der Waals surface area contributed by atoms with E-state index >= 15 is 0 Å². The summed E-state index contributed by atoms with van der Waals surface area (Å²) >= 11 is 7.95. The Bertz CT molecular complexity index is 784. The predicted molar refractivity (Wildman–Crippen MR) is 111 cm³/mol. The number of amides is 1.